The number of hydrogen-bond donors (Lipinski definition) is 1. The van der Waals surface area contributed by atoms with Gasteiger partial charge in [0.1, 0.15) is 0 Å². The number of nitrogens with zero attached hydrogens (tertiary/aromatic N) is 2. The zero-order valence-corrected chi connectivity index (χ0v) is 14.6. The minimum absolute atomic E-state index is 0.145. The minimum atomic E-state index is 0.145. The molecule has 21 heavy (non-hydrogen) atoms. The fourth-order valence-electron chi connectivity index (χ4n) is 2.99. The molecule has 112 valence electrons. The molecule has 5 heteroatoms. The Kier molecular flexibility index (Phi) is 4.12. The van der Waals surface area contributed by atoms with Crippen LogP contribution in [0.15, 0.2) is 28.7 Å². The standard InChI is InChI=1S/C16H19BrClN3/c1-3-13-15(17)14(21(2)20-13)8-16(9-19-10-16)11-4-6-12(18)7-5-11/h4-7,19H,3,8-10H2,1-2H3. The maximum absolute atomic E-state index is 6.02. The van der Waals surface area contributed by atoms with Gasteiger partial charge in [-0.05, 0) is 40.0 Å². The van der Waals surface area contributed by atoms with Crippen LogP contribution in [0.25, 0.3) is 0 Å². The van der Waals surface area contributed by atoms with Crippen molar-refractivity contribution in [2.75, 3.05) is 13.1 Å². The summed E-state index contributed by atoms with van der Waals surface area (Å²) < 4.78 is 3.17. The molecule has 3 rings (SSSR count). The summed E-state index contributed by atoms with van der Waals surface area (Å²) in [4.78, 5) is 0. The Labute approximate surface area is 138 Å². The Hall–Kier alpha value is -0.840. The topological polar surface area (TPSA) is 29.9 Å². The number of halogens is 2. The van der Waals surface area contributed by atoms with Crippen molar-refractivity contribution in [2.24, 2.45) is 7.05 Å². The number of aromatic nitrogens is 2. The summed E-state index contributed by atoms with van der Waals surface area (Å²) in [7, 11) is 2.03. The van der Waals surface area contributed by atoms with E-state index in [1.165, 1.54) is 11.3 Å². The summed E-state index contributed by atoms with van der Waals surface area (Å²) in [5.74, 6) is 0. The highest BCUT2D eigenvalue weighted by Crippen LogP contribution is 2.35. The van der Waals surface area contributed by atoms with Crippen molar-refractivity contribution in [3.05, 3.63) is 50.7 Å². The second-order valence-electron chi connectivity index (χ2n) is 5.75. The van der Waals surface area contributed by atoms with Crippen LogP contribution in [0.3, 0.4) is 0 Å². The van der Waals surface area contributed by atoms with Gasteiger partial charge in [0, 0.05) is 37.0 Å². The van der Waals surface area contributed by atoms with Gasteiger partial charge in [0.25, 0.3) is 0 Å². The molecule has 1 fully saturated rings. The fraction of sp³-hybridized carbons (Fsp3) is 0.438. The number of aryl methyl sites for hydroxylation is 2. The van der Waals surface area contributed by atoms with E-state index in [0.717, 1.165) is 41.1 Å². The molecule has 0 aliphatic carbocycles. The van der Waals surface area contributed by atoms with Crippen LogP contribution in [-0.2, 0) is 25.3 Å². The smallest absolute Gasteiger partial charge is 0.0766 e. The van der Waals surface area contributed by atoms with Crippen LogP contribution in [0.4, 0.5) is 0 Å². The van der Waals surface area contributed by atoms with Gasteiger partial charge < -0.3 is 5.32 Å². The van der Waals surface area contributed by atoms with Crippen molar-refractivity contribution in [1.29, 1.82) is 0 Å². The van der Waals surface area contributed by atoms with Crippen molar-refractivity contribution < 1.29 is 0 Å². The molecule has 0 saturated carbocycles. The Bertz CT molecular complexity index is 644. The first-order valence-electron chi connectivity index (χ1n) is 7.23. The SMILES string of the molecule is CCc1nn(C)c(CC2(c3ccc(Cl)cc3)CNC2)c1Br. The monoisotopic (exact) mass is 367 g/mol. The van der Waals surface area contributed by atoms with Crippen molar-refractivity contribution in [3.8, 4) is 0 Å². The third-order valence-corrected chi connectivity index (χ3v) is 5.56. The maximum Gasteiger partial charge on any atom is 0.0766 e. The summed E-state index contributed by atoms with van der Waals surface area (Å²) in [6.07, 6.45) is 1.92. The third-order valence-electron chi connectivity index (χ3n) is 4.39. The molecule has 0 bridgehead atoms. The molecule has 0 radical (unpaired) electrons. The molecule has 1 aromatic carbocycles. The molecule has 1 aromatic heterocycles. The van der Waals surface area contributed by atoms with Gasteiger partial charge in [-0.1, -0.05) is 30.7 Å². The van der Waals surface area contributed by atoms with Gasteiger partial charge in [0.15, 0.2) is 0 Å². The van der Waals surface area contributed by atoms with Crippen LogP contribution >= 0.6 is 27.5 Å². The van der Waals surface area contributed by atoms with E-state index in [2.05, 4.69) is 45.4 Å². The lowest BCUT2D eigenvalue weighted by Gasteiger charge is -2.43. The fourth-order valence-corrected chi connectivity index (χ4v) is 3.88. The zero-order chi connectivity index (χ0) is 15.0. The Balaban J connectivity index is 1.95. The van der Waals surface area contributed by atoms with Gasteiger partial charge >= 0.3 is 0 Å². The molecule has 3 nitrogen and oxygen atoms in total. The van der Waals surface area contributed by atoms with Gasteiger partial charge in [-0.15, -0.1) is 0 Å². The molecule has 0 spiro atoms. The number of rotatable bonds is 4. The van der Waals surface area contributed by atoms with E-state index in [4.69, 9.17) is 11.6 Å². The van der Waals surface area contributed by atoms with Gasteiger partial charge in [0.05, 0.1) is 15.9 Å². The average molecular weight is 369 g/mol. The lowest BCUT2D eigenvalue weighted by Crippen LogP contribution is -2.58. The average Bonchev–Trinajstić information content (AvgIpc) is 2.70. The van der Waals surface area contributed by atoms with E-state index in [1.807, 2.05) is 23.9 Å². The third kappa shape index (κ3) is 2.65. The first-order chi connectivity index (χ1) is 10.1. The van der Waals surface area contributed by atoms with Crippen molar-refractivity contribution >= 4 is 27.5 Å². The highest BCUT2D eigenvalue weighted by molar-refractivity contribution is 9.10. The molecule has 0 atom stereocenters. The van der Waals surface area contributed by atoms with E-state index in [1.54, 1.807) is 0 Å². The number of nitrogens with one attached hydrogen (secondary N) is 1. The van der Waals surface area contributed by atoms with Gasteiger partial charge in [-0.3, -0.25) is 4.68 Å². The highest BCUT2D eigenvalue weighted by atomic mass is 79.9. The Morgan fingerprint density at radius 1 is 1.33 bits per heavy atom. The summed E-state index contributed by atoms with van der Waals surface area (Å²) in [6.45, 7) is 4.12. The second-order valence-corrected chi connectivity index (χ2v) is 6.98. The zero-order valence-electron chi connectivity index (χ0n) is 12.3. The molecule has 1 aliphatic heterocycles. The predicted octanol–water partition coefficient (Wildman–Crippen LogP) is 3.48. The largest absolute Gasteiger partial charge is 0.315 e. The lowest BCUT2D eigenvalue weighted by molar-refractivity contribution is 0.269. The molecular formula is C16H19BrClN3. The van der Waals surface area contributed by atoms with Crippen LogP contribution < -0.4 is 5.32 Å². The summed E-state index contributed by atoms with van der Waals surface area (Å²) in [6, 6.07) is 8.25. The quantitative estimate of drug-likeness (QED) is 0.895. The first kappa shape index (κ1) is 15.1. The van der Waals surface area contributed by atoms with E-state index in [9.17, 15) is 0 Å². The molecule has 1 aliphatic rings. The molecule has 2 aromatic rings. The summed E-state index contributed by atoms with van der Waals surface area (Å²) >= 11 is 9.75. The number of hydrogen-bond acceptors (Lipinski definition) is 2. The van der Waals surface area contributed by atoms with Crippen molar-refractivity contribution in [3.63, 3.8) is 0 Å². The summed E-state index contributed by atoms with van der Waals surface area (Å²) in [5, 5.41) is 8.81. The molecule has 1 saturated heterocycles. The molecule has 1 N–H and O–H groups in total. The minimum Gasteiger partial charge on any atom is -0.315 e. The molecular weight excluding hydrogens is 350 g/mol. The Morgan fingerprint density at radius 3 is 2.48 bits per heavy atom. The van der Waals surface area contributed by atoms with Crippen LogP contribution in [0.2, 0.25) is 5.02 Å². The maximum atomic E-state index is 6.02. The molecule has 0 amide bonds. The van der Waals surface area contributed by atoms with Gasteiger partial charge in [-0.25, -0.2) is 0 Å². The highest BCUT2D eigenvalue weighted by Gasteiger charge is 2.40. The van der Waals surface area contributed by atoms with E-state index in [0.29, 0.717) is 0 Å². The first-order valence-corrected chi connectivity index (χ1v) is 8.40. The van der Waals surface area contributed by atoms with Crippen LogP contribution in [-0.4, -0.2) is 22.9 Å². The van der Waals surface area contributed by atoms with Crippen molar-refractivity contribution in [1.82, 2.24) is 15.1 Å². The molecule has 2 heterocycles. The lowest BCUT2D eigenvalue weighted by atomic mass is 9.72. The number of benzene rings is 1. The van der Waals surface area contributed by atoms with Gasteiger partial charge in [-0.2, -0.15) is 5.10 Å². The van der Waals surface area contributed by atoms with Crippen LogP contribution in [0.1, 0.15) is 23.9 Å². The van der Waals surface area contributed by atoms with Crippen LogP contribution in [0.5, 0.6) is 0 Å². The summed E-state index contributed by atoms with van der Waals surface area (Å²) in [5.41, 5.74) is 3.89. The molecule has 0 unspecified atom stereocenters. The van der Waals surface area contributed by atoms with Gasteiger partial charge in [0.2, 0.25) is 0 Å². The predicted molar refractivity (Wildman–Crippen MR) is 90.0 cm³/mol. The second kappa shape index (κ2) is 5.75. The van der Waals surface area contributed by atoms with Crippen LogP contribution in [0, 0.1) is 0 Å². The van der Waals surface area contributed by atoms with Crippen molar-refractivity contribution in [2.45, 2.75) is 25.2 Å². The normalized spacial score (nSPS) is 16.8. The van der Waals surface area contributed by atoms with E-state index in [-0.39, 0.29) is 5.41 Å². The van der Waals surface area contributed by atoms with E-state index < -0.39 is 0 Å². The van der Waals surface area contributed by atoms with E-state index >= 15 is 0 Å². The Morgan fingerprint density at radius 2 is 2.00 bits per heavy atom.